The SMILES string of the molecule is CC(C)OCCCNC(=O)C1(C)CCC(=O)N1CCc1ccc(Cl)cc1. The van der Waals surface area contributed by atoms with E-state index in [9.17, 15) is 9.59 Å². The molecule has 1 aromatic rings. The van der Waals surface area contributed by atoms with E-state index in [4.69, 9.17) is 16.3 Å². The van der Waals surface area contributed by atoms with Gasteiger partial charge in [0.25, 0.3) is 0 Å². The molecule has 1 heterocycles. The molecule has 0 radical (unpaired) electrons. The van der Waals surface area contributed by atoms with E-state index in [1.54, 1.807) is 4.90 Å². The molecular formula is C20H29ClN2O3. The summed E-state index contributed by atoms with van der Waals surface area (Å²) in [5.41, 5.74) is 0.324. The number of amides is 2. The van der Waals surface area contributed by atoms with Gasteiger partial charge in [0.05, 0.1) is 6.10 Å². The summed E-state index contributed by atoms with van der Waals surface area (Å²) in [6.45, 7) is 7.54. The quantitative estimate of drug-likeness (QED) is 0.669. The zero-order chi connectivity index (χ0) is 19.2. The molecule has 0 aromatic heterocycles. The molecule has 2 amide bonds. The maximum Gasteiger partial charge on any atom is 0.245 e. The van der Waals surface area contributed by atoms with Crippen LogP contribution < -0.4 is 5.32 Å². The molecule has 26 heavy (non-hydrogen) atoms. The summed E-state index contributed by atoms with van der Waals surface area (Å²) in [4.78, 5) is 26.8. The van der Waals surface area contributed by atoms with Crippen LogP contribution in [0.5, 0.6) is 0 Å². The van der Waals surface area contributed by atoms with Gasteiger partial charge in [0, 0.05) is 31.1 Å². The molecule has 1 saturated heterocycles. The molecule has 1 aliphatic rings. The summed E-state index contributed by atoms with van der Waals surface area (Å²) in [5.74, 6) is -0.0382. The maximum atomic E-state index is 12.7. The van der Waals surface area contributed by atoms with Crippen molar-refractivity contribution < 1.29 is 14.3 Å². The standard InChI is InChI=1S/C20H29ClN2O3/c1-15(2)26-14-4-12-22-19(25)20(3)11-9-18(24)23(20)13-10-16-5-7-17(21)8-6-16/h5-8,15H,4,9-14H2,1-3H3,(H,22,25). The van der Waals surface area contributed by atoms with Gasteiger partial charge in [0.15, 0.2) is 0 Å². The van der Waals surface area contributed by atoms with Crippen molar-refractivity contribution in [2.45, 2.75) is 58.1 Å². The Hall–Kier alpha value is -1.59. The number of ether oxygens (including phenoxy) is 1. The molecule has 0 saturated carbocycles. The fourth-order valence-corrected chi connectivity index (χ4v) is 3.30. The number of nitrogens with zero attached hydrogens (tertiary/aromatic N) is 1. The van der Waals surface area contributed by atoms with E-state index in [1.165, 1.54) is 0 Å². The lowest BCUT2D eigenvalue weighted by Gasteiger charge is -2.34. The lowest BCUT2D eigenvalue weighted by molar-refractivity contribution is -0.140. The predicted molar refractivity (Wildman–Crippen MR) is 103 cm³/mol. The maximum absolute atomic E-state index is 12.7. The second kappa shape index (κ2) is 9.38. The van der Waals surface area contributed by atoms with Crippen molar-refractivity contribution >= 4 is 23.4 Å². The number of carbonyl (C=O) groups is 2. The Morgan fingerprint density at radius 3 is 2.69 bits per heavy atom. The highest BCUT2D eigenvalue weighted by Crippen LogP contribution is 2.30. The summed E-state index contributed by atoms with van der Waals surface area (Å²) >= 11 is 5.91. The van der Waals surface area contributed by atoms with Crippen molar-refractivity contribution in [2.24, 2.45) is 0 Å². The average molecular weight is 381 g/mol. The third-order valence-corrected chi connectivity index (χ3v) is 5.06. The summed E-state index contributed by atoms with van der Waals surface area (Å²) < 4.78 is 5.48. The summed E-state index contributed by atoms with van der Waals surface area (Å²) in [6, 6.07) is 7.59. The van der Waals surface area contributed by atoms with E-state index in [1.807, 2.05) is 45.0 Å². The highest BCUT2D eigenvalue weighted by Gasteiger charge is 2.46. The number of likely N-dealkylation sites (tertiary alicyclic amines) is 1. The van der Waals surface area contributed by atoms with Crippen LogP contribution in [0.15, 0.2) is 24.3 Å². The molecule has 1 aromatic carbocycles. The first-order valence-corrected chi connectivity index (χ1v) is 9.65. The van der Waals surface area contributed by atoms with Crippen molar-refractivity contribution in [1.29, 1.82) is 0 Å². The molecular weight excluding hydrogens is 352 g/mol. The van der Waals surface area contributed by atoms with Crippen molar-refractivity contribution in [3.8, 4) is 0 Å². The fraction of sp³-hybridized carbons (Fsp3) is 0.600. The fourth-order valence-electron chi connectivity index (χ4n) is 3.18. The molecule has 0 aliphatic carbocycles. The third kappa shape index (κ3) is 5.45. The molecule has 1 unspecified atom stereocenters. The Morgan fingerprint density at radius 2 is 2.04 bits per heavy atom. The molecule has 0 spiro atoms. The second-order valence-corrected chi connectivity index (χ2v) is 7.66. The molecule has 1 fully saturated rings. The first-order chi connectivity index (χ1) is 12.3. The third-order valence-electron chi connectivity index (χ3n) is 4.81. The Kier molecular flexibility index (Phi) is 7.47. The van der Waals surface area contributed by atoms with Gasteiger partial charge in [-0.2, -0.15) is 0 Å². The minimum atomic E-state index is -0.775. The molecule has 0 bridgehead atoms. The number of hydrogen-bond acceptors (Lipinski definition) is 3. The van der Waals surface area contributed by atoms with Gasteiger partial charge in [-0.25, -0.2) is 0 Å². The molecule has 2 rings (SSSR count). The Balaban J connectivity index is 1.88. The van der Waals surface area contributed by atoms with Gasteiger partial charge in [0.1, 0.15) is 5.54 Å². The molecule has 5 nitrogen and oxygen atoms in total. The van der Waals surface area contributed by atoms with Crippen LogP contribution in [-0.2, 0) is 20.7 Å². The molecule has 6 heteroatoms. The Labute approximate surface area is 161 Å². The zero-order valence-corrected chi connectivity index (χ0v) is 16.6. The topological polar surface area (TPSA) is 58.6 Å². The molecule has 1 aliphatic heterocycles. The van der Waals surface area contributed by atoms with Crippen molar-refractivity contribution in [2.75, 3.05) is 19.7 Å². The normalized spacial score (nSPS) is 20.0. The van der Waals surface area contributed by atoms with Gasteiger partial charge in [-0.05, 0) is 57.7 Å². The van der Waals surface area contributed by atoms with Gasteiger partial charge >= 0.3 is 0 Å². The zero-order valence-electron chi connectivity index (χ0n) is 15.9. The van der Waals surface area contributed by atoms with Crippen LogP contribution in [0.25, 0.3) is 0 Å². The van der Waals surface area contributed by atoms with Crippen LogP contribution >= 0.6 is 11.6 Å². The average Bonchev–Trinajstić information content (AvgIpc) is 2.89. The number of benzene rings is 1. The highest BCUT2D eigenvalue weighted by molar-refractivity contribution is 6.30. The lowest BCUT2D eigenvalue weighted by Crippen LogP contribution is -2.55. The monoisotopic (exact) mass is 380 g/mol. The molecule has 144 valence electrons. The number of nitrogens with one attached hydrogen (secondary N) is 1. The minimum Gasteiger partial charge on any atom is -0.379 e. The number of carbonyl (C=O) groups excluding carboxylic acids is 2. The van der Waals surface area contributed by atoms with E-state index in [-0.39, 0.29) is 17.9 Å². The minimum absolute atomic E-state index is 0.0414. The summed E-state index contributed by atoms with van der Waals surface area (Å²) in [6.07, 6.45) is 2.63. The van der Waals surface area contributed by atoms with E-state index in [0.29, 0.717) is 44.0 Å². The van der Waals surface area contributed by atoms with Gasteiger partial charge < -0.3 is 15.0 Å². The molecule has 1 N–H and O–H groups in total. The smallest absolute Gasteiger partial charge is 0.245 e. The van der Waals surface area contributed by atoms with Crippen LogP contribution in [0.2, 0.25) is 5.02 Å². The second-order valence-electron chi connectivity index (χ2n) is 7.22. The van der Waals surface area contributed by atoms with E-state index in [0.717, 1.165) is 12.0 Å². The first-order valence-electron chi connectivity index (χ1n) is 9.28. The van der Waals surface area contributed by atoms with Crippen LogP contribution in [0.1, 0.15) is 45.6 Å². The Morgan fingerprint density at radius 1 is 1.35 bits per heavy atom. The Bertz CT molecular complexity index is 618. The van der Waals surface area contributed by atoms with Gasteiger partial charge in [-0.1, -0.05) is 23.7 Å². The number of halogens is 1. The number of rotatable bonds is 9. The van der Waals surface area contributed by atoms with Crippen LogP contribution in [-0.4, -0.2) is 48.1 Å². The van der Waals surface area contributed by atoms with Gasteiger partial charge in [-0.15, -0.1) is 0 Å². The number of hydrogen-bond donors (Lipinski definition) is 1. The van der Waals surface area contributed by atoms with E-state index < -0.39 is 5.54 Å². The van der Waals surface area contributed by atoms with Gasteiger partial charge in [0.2, 0.25) is 11.8 Å². The largest absolute Gasteiger partial charge is 0.379 e. The van der Waals surface area contributed by atoms with Crippen LogP contribution in [0.3, 0.4) is 0 Å². The van der Waals surface area contributed by atoms with Crippen molar-refractivity contribution in [3.05, 3.63) is 34.9 Å². The van der Waals surface area contributed by atoms with Crippen LogP contribution in [0.4, 0.5) is 0 Å². The molecule has 1 atom stereocenters. The lowest BCUT2D eigenvalue weighted by atomic mass is 9.97. The van der Waals surface area contributed by atoms with Crippen molar-refractivity contribution in [3.63, 3.8) is 0 Å². The van der Waals surface area contributed by atoms with Gasteiger partial charge in [-0.3, -0.25) is 9.59 Å². The van der Waals surface area contributed by atoms with E-state index in [2.05, 4.69) is 5.32 Å². The summed E-state index contributed by atoms with van der Waals surface area (Å²) in [5, 5.41) is 3.66. The summed E-state index contributed by atoms with van der Waals surface area (Å²) in [7, 11) is 0. The van der Waals surface area contributed by atoms with E-state index >= 15 is 0 Å². The predicted octanol–water partition coefficient (Wildman–Crippen LogP) is 3.19. The van der Waals surface area contributed by atoms with Crippen LogP contribution in [0, 0.1) is 0 Å². The highest BCUT2D eigenvalue weighted by atomic mass is 35.5. The van der Waals surface area contributed by atoms with Crippen molar-refractivity contribution in [1.82, 2.24) is 10.2 Å². The first kappa shape index (κ1) is 20.7.